The molecule has 1 aliphatic heterocycles. The van der Waals surface area contributed by atoms with Crippen molar-refractivity contribution in [2.24, 2.45) is 0 Å². The molecule has 88 valence electrons. The van der Waals surface area contributed by atoms with E-state index in [4.69, 9.17) is 11.6 Å². The number of nitrogens with zero attached hydrogens (tertiary/aromatic N) is 3. The van der Waals surface area contributed by atoms with Gasteiger partial charge in [0.05, 0.1) is 0 Å². The van der Waals surface area contributed by atoms with E-state index in [1.807, 2.05) is 13.8 Å². The molecular formula is C11H17ClN4. The second kappa shape index (κ2) is 4.97. The summed E-state index contributed by atoms with van der Waals surface area (Å²) in [6.45, 7) is 6.13. The Hall–Kier alpha value is -0.870. The Kier molecular flexibility index (Phi) is 3.61. The van der Waals surface area contributed by atoms with Gasteiger partial charge in [0, 0.05) is 18.7 Å². The number of halogens is 1. The van der Waals surface area contributed by atoms with Gasteiger partial charge < -0.3 is 5.43 Å². The molecule has 1 saturated heterocycles. The molecule has 0 amide bonds. The Morgan fingerprint density at radius 3 is 2.44 bits per heavy atom. The molecule has 5 heteroatoms. The number of hydrogen-bond donors (Lipinski definition) is 1. The molecule has 0 saturated carbocycles. The van der Waals surface area contributed by atoms with Gasteiger partial charge in [0.1, 0.15) is 0 Å². The third kappa shape index (κ3) is 2.44. The molecule has 0 bridgehead atoms. The number of nitrogens with one attached hydrogen (secondary N) is 1. The summed E-state index contributed by atoms with van der Waals surface area (Å²) in [6, 6.07) is 0. The summed E-state index contributed by atoms with van der Waals surface area (Å²) in [6.07, 6.45) is 3.81. The lowest BCUT2D eigenvalue weighted by molar-refractivity contribution is 0.271. The van der Waals surface area contributed by atoms with Gasteiger partial charge in [0.2, 0.25) is 0 Å². The van der Waals surface area contributed by atoms with Crippen molar-refractivity contribution in [3.8, 4) is 0 Å². The monoisotopic (exact) mass is 240 g/mol. The van der Waals surface area contributed by atoms with Gasteiger partial charge >= 0.3 is 0 Å². The number of hydrogen-bond acceptors (Lipinski definition) is 4. The van der Waals surface area contributed by atoms with Crippen LogP contribution in [-0.2, 0) is 0 Å². The minimum Gasteiger partial charge on any atom is -0.301 e. The van der Waals surface area contributed by atoms with Gasteiger partial charge in [-0.05, 0) is 32.3 Å². The van der Waals surface area contributed by atoms with Crippen LogP contribution in [0.5, 0.6) is 0 Å². The van der Waals surface area contributed by atoms with Gasteiger partial charge in [0.15, 0.2) is 11.0 Å². The van der Waals surface area contributed by atoms with Crippen LogP contribution in [0.25, 0.3) is 0 Å². The van der Waals surface area contributed by atoms with Gasteiger partial charge in [-0.3, -0.25) is 0 Å². The average molecular weight is 241 g/mol. The molecule has 0 unspecified atom stereocenters. The SMILES string of the molecule is Cc1c(Cl)nnc(NN2CCCCC2)c1C. The Balaban J connectivity index is 2.11. The van der Waals surface area contributed by atoms with Crippen LogP contribution < -0.4 is 5.43 Å². The van der Waals surface area contributed by atoms with Gasteiger partial charge in [-0.25, -0.2) is 5.01 Å². The summed E-state index contributed by atoms with van der Waals surface area (Å²) in [5.74, 6) is 0.823. The molecule has 1 aromatic heterocycles. The van der Waals surface area contributed by atoms with Crippen molar-refractivity contribution in [2.45, 2.75) is 33.1 Å². The molecular weight excluding hydrogens is 224 g/mol. The van der Waals surface area contributed by atoms with E-state index in [0.29, 0.717) is 5.15 Å². The van der Waals surface area contributed by atoms with E-state index in [9.17, 15) is 0 Å². The summed E-state index contributed by atoms with van der Waals surface area (Å²) in [5.41, 5.74) is 5.39. The lowest BCUT2D eigenvalue weighted by Gasteiger charge is -2.27. The van der Waals surface area contributed by atoms with E-state index in [1.165, 1.54) is 19.3 Å². The first kappa shape index (κ1) is 11.6. The second-order valence-corrected chi connectivity index (χ2v) is 4.61. The maximum atomic E-state index is 5.91. The van der Waals surface area contributed by atoms with Crippen molar-refractivity contribution in [1.29, 1.82) is 0 Å². The summed E-state index contributed by atoms with van der Waals surface area (Å²) >= 11 is 5.91. The van der Waals surface area contributed by atoms with Crippen molar-refractivity contribution in [3.05, 3.63) is 16.3 Å². The van der Waals surface area contributed by atoms with E-state index in [2.05, 4.69) is 20.6 Å². The molecule has 4 nitrogen and oxygen atoms in total. The fourth-order valence-electron chi connectivity index (χ4n) is 1.84. The van der Waals surface area contributed by atoms with Crippen molar-refractivity contribution >= 4 is 17.4 Å². The zero-order valence-electron chi connectivity index (χ0n) is 9.76. The zero-order valence-corrected chi connectivity index (χ0v) is 10.5. The predicted octanol–water partition coefficient (Wildman–Crippen LogP) is 2.56. The molecule has 1 aromatic rings. The number of piperidine rings is 1. The number of hydrazine groups is 1. The molecule has 0 radical (unpaired) electrons. The predicted molar refractivity (Wildman–Crippen MR) is 65.6 cm³/mol. The van der Waals surface area contributed by atoms with E-state index in [-0.39, 0.29) is 0 Å². The largest absolute Gasteiger partial charge is 0.301 e. The van der Waals surface area contributed by atoms with Gasteiger partial charge in [-0.1, -0.05) is 18.0 Å². The number of rotatable bonds is 2. The van der Waals surface area contributed by atoms with Gasteiger partial charge in [0.25, 0.3) is 0 Å². The summed E-state index contributed by atoms with van der Waals surface area (Å²) in [7, 11) is 0. The third-order valence-corrected chi connectivity index (χ3v) is 3.44. The molecule has 2 heterocycles. The van der Waals surface area contributed by atoms with Crippen LogP contribution >= 0.6 is 11.6 Å². The highest BCUT2D eigenvalue weighted by Gasteiger charge is 2.13. The molecule has 16 heavy (non-hydrogen) atoms. The Morgan fingerprint density at radius 2 is 1.75 bits per heavy atom. The smallest absolute Gasteiger partial charge is 0.166 e. The lowest BCUT2D eigenvalue weighted by atomic mass is 10.1. The van der Waals surface area contributed by atoms with Gasteiger partial charge in [-0.2, -0.15) is 0 Å². The zero-order chi connectivity index (χ0) is 11.5. The standard InChI is InChI=1S/C11H17ClN4/c1-8-9(2)11(14-13-10(8)12)15-16-6-4-3-5-7-16/h3-7H2,1-2H3,(H,14,15). The van der Waals surface area contributed by atoms with Crippen LogP contribution in [0.3, 0.4) is 0 Å². The molecule has 0 atom stereocenters. The quantitative estimate of drug-likeness (QED) is 0.863. The third-order valence-electron chi connectivity index (χ3n) is 3.09. The molecule has 1 N–H and O–H groups in total. The fourth-order valence-corrected chi connectivity index (χ4v) is 2.02. The first-order valence-electron chi connectivity index (χ1n) is 5.69. The van der Waals surface area contributed by atoms with Crippen LogP contribution in [0.1, 0.15) is 30.4 Å². The topological polar surface area (TPSA) is 41.1 Å². The lowest BCUT2D eigenvalue weighted by Crippen LogP contribution is -2.35. The van der Waals surface area contributed by atoms with Crippen LogP contribution in [0.2, 0.25) is 5.15 Å². The van der Waals surface area contributed by atoms with E-state index < -0.39 is 0 Å². The van der Waals surface area contributed by atoms with Crippen LogP contribution in [-0.4, -0.2) is 28.3 Å². The number of aromatic nitrogens is 2. The van der Waals surface area contributed by atoms with Crippen molar-refractivity contribution in [1.82, 2.24) is 15.2 Å². The molecule has 0 aliphatic carbocycles. The maximum Gasteiger partial charge on any atom is 0.166 e. The normalized spacial score (nSPS) is 17.4. The Morgan fingerprint density at radius 1 is 1.06 bits per heavy atom. The van der Waals surface area contributed by atoms with Crippen LogP contribution in [0.15, 0.2) is 0 Å². The minimum absolute atomic E-state index is 0.488. The molecule has 0 aromatic carbocycles. The van der Waals surface area contributed by atoms with Crippen molar-refractivity contribution < 1.29 is 0 Å². The minimum atomic E-state index is 0.488. The molecule has 1 fully saturated rings. The fraction of sp³-hybridized carbons (Fsp3) is 0.636. The van der Waals surface area contributed by atoms with Crippen LogP contribution in [0, 0.1) is 13.8 Å². The summed E-state index contributed by atoms with van der Waals surface area (Å²) in [4.78, 5) is 0. The maximum absolute atomic E-state index is 5.91. The van der Waals surface area contributed by atoms with Crippen LogP contribution in [0.4, 0.5) is 5.82 Å². The van der Waals surface area contributed by atoms with Gasteiger partial charge in [-0.15, -0.1) is 10.2 Å². The highest BCUT2D eigenvalue weighted by Crippen LogP contribution is 2.21. The summed E-state index contributed by atoms with van der Waals surface area (Å²) in [5, 5.41) is 10.7. The Labute approximate surface area is 101 Å². The molecule has 2 rings (SSSR count). The first-order chi connectivity index (χ1) is 7.68. The summed E-state index contributed by atoms with van der Waals surface area (Å²) < 4.78 is 0. The average Bonchev–Trinajstić information content (AvgIpc) is 2.31. The van der Waals surface area contributed by atoms with E-state index in [0.717, 1.165) is 30.0 Å². The van der Waals surface area contributed by atoms with Crippen molar-refractivity contribution in [3.63, 3.8) is 0 Å². The highest BCUT2D eigenvalue weighted by atomic mass is 35.5. The van der Waals surface area contributed by atoms with E-state index >= 15 is 0 Å². The first-order valence-corrected chi connectivity index (χ1v) is 6.07. The second-order valence-electron chi connectivity index (χ2n) is 4.25. The van der Waals surface area contributed by atoms with Crippen molar-refractivity contribution in [2.75, 3.05) is 18.5 Å². The molecule has 1 aliphatic rings. The number of anilines is 1. The Bertz CT molecular complexity index is 374. The highest BCUT2D eigenvalue weighted by molar-refractivity contribution is 6.30. The van der Waals surface area contributed by atoms with E-state index in [1.54, 1.807) is 0 Å². The molecule has 0 spiro atoms.